The number of nitrogens with zero attached hydrogens (tertiary/aromatic N) is 1. The van der Waals surface area contributed by atoms with Crippen LogP contribution in [0.4, 0.5) is 9.59 Å². The van der Waals surface area contributed by atoms with Crippen LogP contribution in [0.2, 0.25) is 0 Å². The van der Waals surface area contributed by atoms with Gasteiger partial charge in [0, 0.05) is 13.0 Å². The highest BCUT2D eigenvalue weighted by Crippen LogP contribution is 2.14. The van der Waals surface area contributed by atoms with Crippen molar-refractivity contribution in [1.29, 1.82) is 0 Å². The van der Waals surface area contributed by atoms with Crippen LogP contribution in [0.15, 0.2) is 0 Å². The number of fused-ring (bicyclic) bond motifs is 1. The van der Waals surface area contributed by atoms with Crippen molar-refractivity contribution < 1.29 is 19.5 Å². The van der Waals surface area contributed by atoms with Gasteiger partial charge in [0.2, 0.25) is 0 Å². The zero-order chi connectivity index (χ0) is 12.4. The molecule has 0 aromatic heterocycles. The number of urea groups is 2. The first-order valence-corrected chi connectivity index (χ1v) is 5.44. The topological polar surface area (TPSA) is 111 Å². The molecule has 0 bridgehead atoms. The number of aliphatic carboxylic acids is 1. The third-order valence-corrected chi connectivity index (χ3v) is 2.80. The molecular weight excluding hydrogens is 228 g/mol. The Hall–Kier alpha value is -1.99. The first kappa shape index (κ1) is 11.5. The van der Waals surface area contributed by atoms with E-state index < -0.39 is 12.1 Å². The van der Waals surface area contributed by atoms with Crippen LogP contribution in [0.1, 0.15) is 19.3 Å². The minimum atomic E-state index is -0.843. The van der Waals surface area contributed by atoms with Crippen molar-refractivity contribution in [3.8, 4) is 0 Å². The van der Waals surface area contributed by atoms with E-state index in [0.29, 0.717) is 19.4 Å². The second kappa shape index (κ2) is 4.48. The summed E-state index contributed by atoms with van der Waals surface area (Å²) >= 11 is 0. The first-order valence-electron chi connectivity index (χ1n) is 5.44. The van der Waals surface area contributed by atoms with E-state index in [-0.39, 0.29) is 24.6 Å². The number of rotatable bonds is 5. The summed E-state index contributed by atoms with van der Waals surface area (Å²) in [6.45, 7) is 0.433. The Morgan fingerprint density at radius 3 is 2.71 bits per heavy atom. The molecule has 0 aromatic carbocycles. The SMILES string of the molecule is O=C(O)CCCCN1C(=O)N[C@H]2NC(=O)N[C@H]21. The molecule has 0 spiro atoms. The summed E-state index contributed by atoms with van der Waals surface area (Å²) in [4.78, 5) is 34.4. The van der Waals surface area contributed by atoms with E-state index in [4.69, 9.17) is 5.11 Å². The molecule has 4 N–H and O–H groups in total. The molecule has 8 nitrogen and oxygen atoms in total. The fraction of sp³-hybridized carbons (Fsp3) is 0.667. The summed E-state index contributed by atoms with van der Waals surface area (Å²) in [6, 6.07) is -0.557. The minimum absolute atomic E-state index is 0.0914. The van der Waals surface area contributed by atoms with Crippen LogP contribution in [-0.4, -0.2) is 46.9 Å². The van der Waals surface area contributed by atoms with Gasteiger partial charge in [0.15, 0.2) is 0 Å². The van der Waals surface area contributed by atoms with Crippen molar-refractivity contribution in [2.45, 2.75) is 31.6 Å². The number of hydrogen-bond acceptors (Lipinski definition) is 3. The van der Waals surface area contributed by atoms with Crippen molar-refractivity contribution in [1.82, 2.24) is 20.9 Å². The molecule has 17 heavy (non-hydrogen) atoms. The van der Waals surface area contributed by atoms with E-state index in [2.05, 4.69) is 16.0 Å². The molecule has 2 aliphatic rings. The highest BCUT2D eigenvalue weighted by Gasteiger charge is 2.44. The van der Waals surface area contributed by atoms with E-state index in [1.807, 2.05) is 0 Å². The Morgan fingerprint density at radius 2 is 2.00 bits per heavy atom. The third kappa shape index (κ3) is 2.40. The van der Waals surface area contributed by atoms with Gasteiger partial charge in [-0.3, -0.25) is 4.79 Å². The molecular formula is C9H14N4O4. The Bertz CT molecular complexity index is 359. The molecule has 2 fully saturated rings. The lowest BCUT2D eigenvalue weighted by molar-refractivity contribution is -0.137. The fourth-order valence-corrected chi connectivity index (χ4v) is 1.99. The predicted molar refractivity (Wildman–Crippen MR) is 56.0 cm³/mol. The number of carboxylic acid groups (broad SMARTS) is 1. The molecule has 2 atom stereocenters. The second-order valence-corrected chi connectivity index (χ2v) is 4.03. The number of hydrogen-bond donors (Lipinski definition) is 4. The highest BCUT2D eigenvalue weighted by atomic mass is 16.4. The van der Waals surface area contributed by atoms with Crippen LogP contribution in [0.3, 0.4) is 0 Å². The van der Waals surface area contributed by atoms with Crippen molar-refractivity contribution in [3.63, 3.8) is 0 Å². The summed E-state index contributed by atoms with van der Waals surface area (Å²) in [5.41, 5.74) is 0. The maximum absolute atomic E-state index is 11.5. The Labute approximate surface area is 97.3 Å². The standard InChI is InChI=1S/C9H14N4O4/c14-5(15)3-1-2-4-13-7-6(11-9(13)17)10-8(16)12-7/h6-7H,1-4H2,(H,11,17)(H,14,15)(H2,10,12,16)/t6-,7+/m1/s1. The quantitative estimate of drug-likeness (QED) is 0.474. The van der Waals surface area contributed by atoms with Gasteiger partial charge < -0.3 is 26.0 Å². The molecule has 0 saturated carbocycles. The summed E-state index contributed by atoms with van der Waals surface area (Å²) < 4.78 is 0. The van der Waals surface area contributed by atoms with E-state index in [1.54, 1.807) is 0 Å². The second-order valence-electron chi connectivity index (χ2n) is 4.03. The number of amides is 4. The number of unbranched alkanes of at least 4 members (excludes halogenated alkanes) is 1. The Balaban J connectivity index is 1.81. The summed E-state index contributed by atoms with van der Waals surface area (Å²) in [6.07, 6.45) is 0.430. The number of nitrogens with one attached hydrogen (secondary N) is 3. The lowest BCUT2D eigenvalue weighted by Gasteiger charge is -2.20. The van der Waals surface area contributed by atoms with Crippen molar-refractivity contribution in [2.24, 2.45) is 0 Å². The van der Waals surface area contributed by atoms with Crippen LogP contribution in [0, 0.1) is 0 Å². The van der Waals surface area contributed by atoms with Gasteiger partial charge in [-0.05, 0) is 12.8 Å². The average molecular weight is 242 g/mol. The first-order chi connectivity index (χ1) is 8.08. The van der Waals surface area contributed by atoms with Crippen LogP contribution >= 0.6 is 0 Å². The number of carbonyl (C=O) groups excluding carboxylic acids is 2. The van der Waals surface area contributed by atoms with E-state index in [0.717, 1.165) is 0 Å². The van der Waals surface area contributed by atoms with Crippen LogP contribution in [-0.2, 0) is 4.79 Å². The van der Waals surface area contributed by atoms with Gasteiger partial charge in [0.25, 0.3) is 0 Å². The van der Waals surface area contributed by atoms with Gasteiger partial charge >= 0.3 is 18.0 Å². The van der Waals surface area contributed by atoms with Gasteiger partial charge in [-0.15, -0.1) is 0 Å². The lowest BCUT2D eigenvalue weighted by atomic mass is 10.2. The molecule has 0 unspecified atom stereocenters. The van der Waals surface area contributed by atoms with E-state index in [9.17, 15) is 14.4 Å². The lowest BCUT2D eigenvalue weighted by Crippen LogP contribution is -2.43. The largest absolute Gasteiger partial charge is 0.481 e. The van der Waals surface area contributed by atoms with Crippen LogP contribution in [0.5, 0.6) is 0 Å². The number of carboxylic acids is 1. The van der Waals surface area contributed by atoms with Crippen LogP contribution in [0.25, 0.3) is 0 Å². The zero-order valence-electron chi connectivity index (χ0n) is 9.10. The molecule has 0 aliphatic carbocycles. The van der Waals surface area contributed by atoms with Crippen molar-refractivity contribution in [2.75, 3.05) is 6.54 Å². The summed E-state index contributed by atoms with van der Waals surface area (Å²) in [5.74, 6) is -0.843. The maximum Gasteiger partial charge on any atom is 0.320 e. The highest BCUT2D eigenvalue weighted by molar-refractivity contribution is 5.84. The monoisotopic (exact) mass is 242 g/mol. The van der Waals surface area contributed by atoms with Gasteiger partial charge in [-0.2, -0.15) is 0 Å². The smallest absolute Gasteiger partial charge is 0.320 e. The van der Waals surface area contributed by atoms with Gasteiger partial charge in [0.05, 0.1) is 0 Å². The van der Waals surface area contributed by atoms with Crippen LogP contribution < -0.4 is 16.0 Å². The molecule has 4 amide bonds. The molecule has 8 heteroatoms. The number of carbonyl (C=O) groups is 3. The normalized spacial score (nSPS) is 26.2. The Kier molecular flexibility index (Phi) is 3.03. The summed E-state index contributed by atoms with van der Waals surface area (Å²) in [5, 5.41) is 16.3. The molecule has 2 heterocycles. The molecule has 2 rings (SSSR count). The predicted octanol–water partition coefficient (Wildman–Crippen LogP) is -0.768. The van der Waals surface area contributed by atoms with Gasteiger partial charge in [0.1, 0.15) is 12.3 Å². The fourth-order valence-electron chi connectivity index (χ4n) is 1.99. The Morgan fingerprint density at radius 1 is 1.24 bits per heavy atom. The van der Waals surface area contributed by atoms with Gasteiger partial charge in [-0.1, -0.05) is 0 Å². The van der Waals surface area contributed by atoms with Crippen molar-refractivity contribution in [3.05, 3.63) is 0 Å². The molecule has 0 aromatic rings. The van der Waals surface area contributed by atoms with Gasteiger partial charge in [-0.25, -0.2) is 9.59 Å². The molecule has 2 aliphatic heterocycles. The third-order valence-electron chi connectivity index (χ3n) is 2.80. The molecule has 2 saturated heterocycles. The van der Waals surface area contributed by atoms with E-state index >= 15 is 0 Å². The molecule has 0 radical (unpaired) electrons. The van der Waals surface area contributed by atoms with E-state index in [1.165, 1.54) is 4.90 Å². The average Bonchev–Trinajstić information content (AvgIpc) is 2.69. The molecule has 94 valence electrons. The zero-order valence-corrected chi connectivity index (χ0v) is 9.10. The maximum atomic E-state index is 11.5. The minimum Gasteiger partial charge on any atom is -0.481 e. The summed E-state index contributed by atoms with van der Waals surface area (Å²) in [7, 11) is 0. The van der Waals surface area contributed by atoms with Crippen molar-refractivity contribution >= 4 is 18.0 Å².